The zero-order valence-electron chi connectivity index (χ0n) is 8.60. The summed E-state index contributed by atoms with van der Waals surface area (Å²) in [5.74, 6) is -4.13. The monoisotopic (exact) mass is 264 g/mol. The number of hydrogen-bond acceptors (Lipinski definition) is 4. The van der Waals surface area contributed by atoms with Gasteiger partial charge in [0, 0.05) is 5.56 Å². The zero-order valence-corrected chi connectivity index (χ0v) is 9.42. The summed E-state index contributed by atoms with van der Waals surface area (Å²) in [5.41, 5.74) is 4.83. The summed E-state index contributed by atoms with van der Waals surface area (Å²) >= 11 is 0. The third kappa shape index (κ3) is 3.03. The van der Waals surface area contributed by atoms with E-state index in [1.165, 1.54) is 18.2 Å². The van der Waals surface area contributed by atoms with E-state index in [1.54, 1.807) is 6.07 Å². The topological polar surface area (TPSA) is 90.3 Å². The highest BCUT2D eigenvalue weighted by atomic mass is 35.5. The van der Waals surface area contributed by atoms with Gasteiger partial charge in [-0.3, -0.25) is 0 Å². The lowest BCUT2D eigenvalue weighted by atomic mass is 9.98. The molecule has 4 N–H and O–H groups in total. The van der Waals surface area contributed by atoms with Crippen LogP contribution in [-0.2, 0) is 0 Å². The lowest BCUT2D eigenvalue weighted by Gasteiger charge is -2.22. The number of benzene rings is 1. The number of hydrogen-bond donors (Lipinski definition) is 3. The van der Waals surface area contributed by atoms with Gasteiger partial charge in [-0.1, -0.05) is 12.1 Å². The number of nitriles is 1. The number of rotatable bonds is 3. The van der Waals surface area contributed by atoms with Gasteiger partial charge in [0.2, 0.25) is 0 Å². The Labute approximate surface area is 103 Å². The molecule has 1 rings (SSSR count). The van der Waals surface area contributed by atoms with Gasteiger partial charge in [0.25, 0.3) is 5.92 Å². The van der Waals surface area contributed by atoms with Gasteiger partial charge in [-0.25, -0.2) is 8.78 Å². The van der Waals surface area contributed by atoms with E-state index < -0.39 is 24.3 Å². The number of aliphatic hydroxyl groups is 1. The molecule has 7 heteroatoms. The predicted octanol–water partition coefficient (Wildman–Crippen LogP) is 1.31. The molecule has 0 radical (unpaired) electrons. The molecule has 1 atom stereocenters. The third-order valence-corrected chi connectivity index (χ3v) is 2.19. The second-order valence-corrected chi connectivity index (χ2v) is 3.25. The van der Waals surface area contributed by atoms with Crippen LogP contribution in [0.25, 0.3) is 0 Å². The molecule has 0 heterocycles. The first-order valence-electron chi connectivity index (χ1n) is 4.40. The standard InChI is InChI=1S/C10H10F2N2O2.ClH/c11-10(12,5-15)9(14)7-3-1-2-6(4-13)8(7)16;/h1-3,9,15-16H,5,14H2;1H/t9-;/m1./s1. The predicted molar refractivity (Wildman–Crippen MR) is 59.0 cm³/mol. The molecule has 0 amide bonds. The molecule has 0 spiro atoms. The summed E-state index contributed by atoms with van der Waals surface area (Å²) in [4.78, 5) is 0. The van der Waals surface area contributed by atoms with E-state index >= 15 is 0 Å². The highest BCUT2D eigenvalue weighted by molar-refractivity contribution is 5.85. The Morgan fingerprint density at radius 3 is 2.53 bits per heavy atom. The van der Waals surface area contributed by atoms with Crippen molar-refractivity contribution in [3.8, 4) is 11.8 Å². The highest BCUT2D eigenvalue weighted by Gasteiger charge is 2.38. The van der Waals surface area contributed by atoms with Gasteiger partial charge in [-0.2, -0.15) is 5.26 Å². The van der Waals surface area contributed by atoms with Crippen molar-refractivity contribution < 1.29 is 19.0 Å². The van der Waals surface area contributed by atoms with Gasteiger partial charge in [0.1, 0.15) is 24.5 Å². The van der Waals surface area contributed by atoms with Crippen molar-refractivity contribution in [1.82, 2.24) is 0 Å². The summed E-state index contributed by atoms with van der Waals surface area (Å²) in [6.45, 7) is -1.43. The Morgan fingerprint density at radius 1 is 1.47 bits per heavy atom. The van der Waals surface area contributed by atoms with Crippen LogP contribution in [0.4, 0.5) is 8.78 Å². The minimum Gasteiger partial charge on any atom is -0.506 e. The average Bonchev–Trinajstić information content (AvgIpc) is 2.28. The Balaban J connectivity index is 0.00000256. The van der Waals surface area contributed by atoms with Crippen LogP contribution in [0, 0.1) is 11.3 Å². The van der Waals surface area contributed by atoms with E-state index in [9.17, 15) is 13.9 Å². The summed E-state index contributed by atoms with van der Waals surface area (Å²) in [6, 6.07) is 3.59. The second-order valence-electron chi connectivity index (χ2n) is 3.25. The Morgan fingerprint density at radius 2 is 2.06 bits per heavy atom. The van der Waals surface area contributed by atoms with Gasteiger partial charge in [-0.15, -0.1) is 12.4 Å². The number of para-hydroxylation sites is 1. The number of aromatic hydroxyl groups is 1. The van der Waals surface area contributed by atoms with Crippen LogP contribution >= 0.6 is 12.4 Å². The molecule has 0 aromatic heterocycles. The zero-order chi connectivity index (χ0) is 12.3. The van der Waals surface area contributed by atoms with E-state index in [0.29, 0.717) is 0 Å². The maximum absolute atomic E-state index is 13.1. The maximum Gasteiger partial charge on any atom is 0.289 e. The van der Waals surface area contributed by atoms with Crippen molar-refractivity contribution in [2.75, 3.05) is 6.61 Å². The molecule has 0 unspecified atom stereocenters. The second kappa shape index (κ2) is 5.77. The van der Waals surface area contributed by atoms with Gasteiger partial charge in [0.15, 0.2) is 0 Å². The molecule has 0 saturated carbocycles. The molecule has 0 saturated heterocycles. The molecule has 17 heavy (non-hydrogen) atoms. The fourth-order valence-electron chi connectivity index (χ4n) is 1.23. The molecular formula is C10H11ClF2N2O2. The van der Waals surface area contributed by atoms with E-state index in [0.717, 1.165) is 0 Å². The molecule has 94 valence electrons. The van der Waals surface area contributed by atoms with Gasteiger partial charge < -0.3 is 15.9 Å². The number of halogens is 3. The van der Waals surface area contributed by atoms with Crippen molar-refractivity contribution in [2.45, 2.75) is 12.0 Å². The van der Waals surface area contributed by atoms with Crippen molar-refractivity contribution in [3.63, 3.8) is 0 Å². The number of phenolic OH excluding ortho intramolecular Hbond substituents is 1. The molecule has 0 fully saturated rings. The molecule has 0 bridgehead atoms. The molecule has 1 aromatic carbocycles. The highest BCUT2D eigenvalue weighted by Crippen LogP contribution is 2.35. The molecule has 1 aromatic rings. The van der Waals surface area contributed by atoms with E-state index in [2.05, 4.69) is 0 Å². The molecule has 4 nitrogen and oxygen atoms in total. The van der Waals surface area contributed by atoms with E-state index in [4.69, 9.17) is 16.1 Å². The van der Waals surface area contributed by atoms with Crippen LogP contribution < -0.4 is 5.73 Å². The molecular weight excluding hydrogens is 254 g/mol. The Hall–Kier alpha value is -1.42. The van der Waals surface area contributed by atoms with Crippen LogP contribution in [-0.4, -0.2) is 22.7 Å². The number of aliphatic hydroxyl groups excluding tert-OH is 1. The van der Waals surface area contributed by atoms with E-state index in [1.807, 2.05) is 0 Å². The summed E-state index contributed by atoms with van der Waals surface area (Å²) < 4.78 is 26.2. The van der Waals surface area contributed by atoms with Crippen LogP contribution in [0.3, 0.4) is 0 Å². The fourth-order valence-corrected chi connectivity index (χ4v) is 1.23. The lowest BCUT2D eigenvalue weighted by molar-refractivity contribution is -0.0715. The quantitative estimate of drug-likeness (QED) is 0.768. The summed E-state index contributed by atoms with van der Waals surface area (Å²) in [7, 11) is 0. The van der Waals surface area contributed by atoms with Gasteiger partial charge in [-0.05, 0) is 6.07 Å². The lowest BCUT2D eigenvalue weighted by Crippen LogP contribution is -2.36. The van der Waals surface area contributed by atoms with Crippen LogP contribution in [0.15, 0.2) is 18.2 Å². The van der Waals surface area contributed by atoms with Crippen LogP contribution in [0.2, 0.25) is 0 Å². The first kappa shape index (κ1) is 15.6. The largest absolute Gasteiger partial charge is 0.506 e. The first-order valence-corrected chi connectivity index (χ1v) is 4.40. The number of nitrogens with zero attached hydrogens (tertiary/aromatic N) is 1. The fraction of sp³-hybridized carbons (Fsp3) is 0.300. The van der Waals surface area contributed by atoms with Crippen LogP contribution in [0.1, 0.15) is 17.2 Å². The maximum atomic E-state index is 13.1. The van der Waals surface area contributed by atoms with Crippen LogP contribution in [0.5, 0.6) is 5.75 Å². The summed E-state index contributed by atoms with van der Waals surface area (Å²) in [6.07, 6.45) is 0. The van der Waals surface area contributed by atoms with Crippen molar-refractivity contribution in [1.29, 1.82) is 5.26 Å². The SMILES string of the molecule is Cl.N#Cc1cccc([C@@H](N)C(F)(F)CO)c1O. The van der Waals surface area contributed by atoms with Crippen molar-refractivity contribution in [3.05, 3.63) is 29.3 Å². The number of nitrogens with two attached hydrogens (primary N) is 1. The molecule has 0 aliphatic heterocycles. The Bertz CT molecular complexity index is 435. The number of alkyl halides is 2. The Kier molecular flexibility index (Phi) is 5.29. The summed E-state index contributed by atoms with van der Waals surface area (Å²) in [5, 5.41) is 26.6. The van der Waals surface area contributed by atoms with Gasteiger partial charge >= 0.3 is 0 Å². The molecule has 0 aliphatic carbocycles. The smallest absolute Gasteiger partial charge is 0.289 e. The average molecular weight is 265 g/mol. The van der Waals surface area contributed by atoms with Gasteiger partial charge in [0.05, 0.1) is 5.56 Å². The first-order chi connectivity index (χ1) is 7.44. The molecule has 0 aliphatic rings. The van der Waals surface area contributed by atoms with Crippen molar-refractivity contribution >= 4 is 12.4 Å². The normalized spacial score (nSPS) is 12.4. The minimum atomic E-state index is -3.55. The third-order valence-electron chi connectivity index (χ3n) is 2.19. The van der Waals surface area contributed by atoms with E-state index in [-0.39, 0.29) is 23.5 Å². The van der Waals surface area contributed by atoms with Crippen molar-refractivity contribution in [2.24, 2.45) is 5.73 Å². The number of phenols is 1. The minimum absolute atomic E-state index is 0.